The van der Waals surface area contributed by atoms with Crippen molar-refractivity contribution >= 4 is 11.6 Å². The lowest BCUT2D eigenvalue weighted by atomic mass is 9.44. The Labute approximate surface area is 177 Å². The molecule has 6 heteroatoms. The molecule has 0 bridgehead atoms. The van der Waals surface area contributed by atoms with Crippen LogP contribution in [0.5, 0.6) is 0 Å². The Bertz CT molecular complexity index is 866. The van der Waals surface area contributed by atoms with Gasteiger partial charge < -0.3 is 14.6 Å². The van der Waals surface area contributed by atoms with Crippen LogP contribution in [0.15, 0.2) is 11.6 Å². The Kier molecular flexibility index (Phi) is 4.03. The zero-order valence-corrected chi connectivity index (χ0v) is 18.6. The third-order valence-electron chi connectivity index (χ3n) is 9.56. The SMILES string of the molecule is CC(=O)C12OC(C)(C)O[C@@H]1C[C@H]1[C@@H]3CCC4=CC(=O)CC[C@]4(C)[C@@]3(F)[C@@H](O)C[C@@]12C. The molecule has 8 atom stereocenters. The third kappa shape index (κ3) is 2.13. The van der Waals surface area contributed by atoms with Gasteiger partial charge in [0.15, 0.2) is 23.0 Å². The average Bonchev–Trinajstić information content (AvgIpc) is 3.04. The van der Waals surface area contributed by atoms with Gasteiger partial charge in [0.05, 0.1) is 12.2 Å². The number of alkyl halides is 1. The number of hydrogen-bond acceptors (Lipinski definition) is 5. The molecule has 0 amide bonds. The van der Waals surface area contributed by atoms with E-state index in [1.54, 1.807) is 6.08 Å². The summed E-state index contributed by atoms with van der Waals surface area (Å²) in [4.78, 5) is 25.1. The summed E-state index contributed by atoms with van der Waals surface area (Å²) in [5.74, 6) is -1.48. The Hall–Kier alpha value is -1.11. The van der Waals surface area contributed by atoms with Gasteiger partial charge in [0.2, 0.25) is 0 Å². The topological polar surface area (TPSA) is 72.8 Å². The second-order valence-corrected chi connectivity index (χ2v) is 11.3. The van der Waals surface area contributed by atoms with Gasteiger partial charge in [-0.1, -0.05) is 19.4 Å². The lowest BCUT2D eigenvalue weighted by Crippen LogP contribution is -2.70. The van der Waals surface area contributed by atoms with Gasteiger partial charge in [0, 0.05) is 23.2 Å². The minimum Gasteiger partial charge on any atom is -0.390 e. The summed E-state index contributed by atoms with van der Waals surface area (Å²) in [6, 6.07) is 0. The van der Waals surface area contributed by atoms with Gasteiger partial charge in [-0.3, -0.25) is 9.59 Å². The first-order chi connectivity index (χ1) is 13.8. The number of hydrogen-bond donors (Lipinski definition) is 1. The van der Waals surface area contributed by atoms with Crippen molar-refractivity contribution in [2.75, 3.05) is 0 Å². The van der Waals surface area contributed by atoms with E-state index < -0.39 is 46.0 Å². The number of ketones is 2. The number of halogens is 1. The van der Waals surface area contributed by atoms with E-state index in [1.807, 2.05) is 27.7 Å². The first kappa shape index (κ1) is 20.8. The second-order valence-electron chi connectivity index (χ2n) is 11.3. The Morgan fingerprint density at radius 3 is 2.57 bits per heavy atom. The number of carbonyl (C=O) groups excluding carboxylic acids is 2. The molecule has 5 rings (SSSR count). The summed E-state index contributed by atoms with van der Waals surface area (Å²) in [6.07, 6.45) is 2.61. The number of allylic oxidation sites excluding steroid dienone is 1. The van der Waals surface area contributed by atoms with E-state index in [0.29, 0.717) is 32.1 Å². The van der Waals surface area contributed by atoms with E-state index in [1.165, 1.54) is 6.92 Å². The highest BCUT2D eigenvalue weighted by Gasteiger charge is 2.79. The fourth-order valence-electron chi connectivity index (χ4n) is 8.31. The van der Waals surface area contributed by atoms with E-state index >= 15 is 4.39 Å². The molecule has 3 saturated carbocycles. The molecule has 5 aliphatic rings. The van der Waals surface area contributed by atoms with Gasteiger partial charge in [0.1, 0.15) is 5.67 Å². The van der Waals surface area contributed by atoms with Gasteiger partial charge in [0.25, 0.3) is 0 Å². The van der Waals surface area contributed by atoms with E-state index in [9.17, 15) is 14.7 Å². The number of fused-ring (bicyclic) bond motifs is 7. The van der Waals surface area contributed by atoms with E-state index in [0.717, 1.165) is 5.57 Å². The lowest BCUT2D eigenvalue weighted by molar-refractivity contribution is -0.250. The van der Waals surface area contributed by atoms with Crippen LogP contribution in [-0.4, -0.2) is 45.9 Å². The highest BCUT2D eigenvalue weighted by molar-refractivity contribution is 5.92. The van der Waals surface area contributed by atoms with Crippen LogP contribution in [0.25, 0.3) is 0 Å². The largest absolute Gasteiger partial charge is 0.390 e. The highest BCUT2D eigenvalue weighted by Crippen LogP contribution is 2.72. The lowest BCUT2D eigenvalue weighted by Gasteiger charge is -2.63. The van der Waals surface area contributed by atoms with Crippen molar-refractivity contribution in [3.8, 4) is 0 Å². The minimum absolute atomic E-state index is 0.0506. The number of rotatable bonds is 1. The number of carbonyl (C=O) groups is 2. The van der Waals surface area contributed by atoms with Gasteiger partial charge in [-0.15, -0.1) is 0 Å². The molecular formula is C24H33FO5. The summed E-state index contributed by atoms with van der Waals surface area (Å²) in [5.41, 5.74) is -3.71. The molecule has 5 nitrogen and oxygen atoms in total. The maximum atomic E-state index is 17.2. The normalized spacial score (nSPS) is 54.0. The molecule has 0 aromatic carbocycles. The highest BCUT2D eigenvalue weighted by atomic mass is 19.1. The first-order valence-electron chi connectivity index (χ1n) is 11.3. The third-order valence-corrected chi connectivity index (χ3v) is 9.56. The zero-order valence-electron chi connectivity index (χ0n) is 18.6. The number of aliphatic hydroxyl groups excluding tert-OH is 1. The summed E-state index contributed by atoms with van der Waals surface area (Å²) in [5, 5.41) is 11.4. The van der Waals surface area contributed by atoms with E-state index in [2.05, 4.69) is 0 Å². The number of aliphatic hydroxyl groups is 1. The van der Waals surface area contributed by atoms with Crippen LogP contribution < -0.4 is 0 Å². The van der Waals surface area contributed by atoms with Crippen LogP contribution in [0.2, 0.25) is 0 Å². The van der Waals surface area contributed by atoms with Gasteiger partial charge >= 0.3 is 0 Å². The molecule has 30 heavy (non-hydrogen) atoms. The Morgan fingerprint density at radius 2 is 1.90 bits per heavy atom. The molecule has 0 spiro atoms. The van der Waals surface area contributed by atoms with Crippen molar-refractivity contribution in [2.24, 2.45) is 22.7 Å². The monoisotopic (exact) mass is 420 g/mol. The predicted octanol–water partition coefficient (Wildman–Crippen LogP) is 3.67. The van der Waals surface area contributed by atoms with Crippen molar-refractivity contribution in [1.82, 2.24) is 0 Å². The molecule has 166 valence electrons. The van der Waals surface area contributed by atoms with E-state index in [-0.39, 0.29) is 23.9 Å². The maximum absolute atomic E-state index is 17.2. The number of Topliss-reactive ketones (excluding diaryl/α,β-unsaturated/α-hetero) is 1. The number of ether oxygens (including phenoxy) is 2. The van der Waals surface area contributed by atoms with Crippen molar-refractivity contribution in [1.29, 1.82) is 0 Å². The molecular weight excluding hydrogens is 387 g/mol. The maximum Gasteiger partial charge on any atom is 0.164 e. The van der Waals surface area contributed by atoms with Gasteiger partial charge in [-0.25, -0.2) is 4.39 Å². The smallest absolute Gasteiger partial charge is 0.164 e. The van der Waals surface area contributed by atoms with Crippen molar-refractivity contribution in [3.63, 3.8) is 0 Å². The Morgan fingerprint density at radius 1 is 1.20 bits per heavy atom. The predicted molar refractivity (Wildman–Crippen MR) is 107 cm³/mol. The molecule has 4 aliphatic carbocycles. The molecule has 1 unspecified atom stereocenters. The standard InChI is InChI=1S/C24H33FO5/c1-13(26)24-19(29-20(2,3)30-24)11-17-16-7-6-14-10-15(27)8-9-21(14,4)23(16,25)18(28)12-22(17,24)5/h10,16-19,28H,6-9,11-12H2,1-5H3/t16-,17-,18-,19+,21-,22-,23-,24?/m0/s1. The Balaban J connectivity index is 1.63. The molecule has 0 aromatic rings. The molecule has 1 heterocycles. The minimum atomic E-state index is -1.83. The second kappa shape index (κ2) is 5.81. The van der Waals surface area contributed by atoms with Crippen molar-refractivity contribution in [3.05, 3.63) is 11.6 Å². The summed E-state index contributed by atoms with van der Waals surface area (Å²) >= 11 is 0. The van der Waals surface area contributed by atoms with Gasteiger partial charge in [-0.2, -0.15) is 0 Å². The molecule has 1 N–H and O–H groups in total. The van der Waals surface area contributed by atoms with Gasteiger partial charge in [-0.05, 0) is 64.9 Å². The summed E-state index contributed by atoms with van der Waals surface area (Å²) in [7, 11) is 0. The zero-order chi connectivity index (χ0) is 21.9. The van der Waals surface area contributed by atoms with Crippen LogP contribution in [0, 0.1) is 22.7 Å². The molecule has 0 aromatic heterocycles. The van der Waals surface area contributed by atoms with E-state index in [4.69, 9.17) is 9.47 Å². The fraction of sp³-hybridized carbons (Fsp3) is 0.833. The van der Waals surface area contributed by atoms with Crippen LogP contribution >= 0.6 is 0 Å². The molecule has 0 radical (unpaired) electrons. The summed E-state index contributed by atoms with van der Waals surface area (Å²) in [6.45, 7) is 9.03. The van der Waals surface area contributed by atoms with Crippen LogP contribution in [0.3, 0.4) is 0 Å². The quantitative estimate of drug-likeness (QED) is 0.701. The van der Waals surface area contributed by atoms with Crippen LogP contribution in [0.4, 0.5) is 4.39 Å². The fourth-order valence-corrected chi connectivity index (χ4v) is 8.31. The van der Waals surface area contributed by atoms with Crippen molar-refractivity contribution in [2.45, 2.75) is 102 Å². The molecule has 4 fully saturated rings. The van der Waals surface area contributed by atoms with Crippen LogP contribution in [-0.2, 0) is 19.1 Å². The molecule has 1 saturated heterocycles. The summed E-state index contributed by atoms with van der Waals surface area (Å²) < 4.78 is 29.7. The van der Waals surface area contributed by atoms with Crippen molar-refractivity contribution < 1.29 is 28.6 Å². The van der Waals surface area contributed by atoms with Crippen LogP contribution in [0.1, 0.15) is 73.1 Å². The average molecular weight is 421 g/mol. The first-order valence-corrected chi connectivity index (χ1v) is 11.3. The molecule has 1 aliphatic heterocycles.